The normalized spacial score (nSPS) is 27.5. The quantitative estimate of drug-likeness (QED) is 0.565. The molecule has 4 aliphatic rings. The lowest BCUT2D eigenvalue weighted by molar-refractivity contribution is -0.130. The molecule has 4 fully saturated rings. The first-order chi connectivity index (χ1) is 15.9. The number of aromatic nitrogens is 1. The number of para-hydroxylation sites is 1. The molecule has 0 spiro atoms. The van der Waals surface area contributed by atoms with Crippen LogP contribution < -0.4 is 16.2 Å². The second-order valence-corrected chi connectivity index (χ2v) is 10.6. The van der Waals surface area contributed by atoms with Crippen LogP contribution in [0.3, 0.4) is 0 Å². The van der Waals surface area contributed by atoms with Crippen molar-refractivity contribution in [1.82, 2.24) is 20.7 Å². The summed E-state index contributed by atoms with van der Waals surface area (Å²) in [5, 5.41) is 4.43. The minimum Gasteiger partial charge on any atom is -0.351 e. The monoisotopic (exact) mass is 450 g/mol. The second-order valence-electron chi connectivity index (χ2n) is 10.6. The molecule has 1 heterocycles. The summed E-state index contributed by atoms with van der Waals surface area (Å²) >= 11 is 0. The molecule has 3 amide bonds. The molecule has 4 aliphatic carbocycles. The van der Waals surface area contributed by atoms with Crippen LogP contribution in [0.1, 0.15) is 63.5 Å². The van der Waals surface area contributed by atoms with Gasteiger partial charge < -0.3 is 9.88 Å². The van der Waals surface area contributed by atoms with Crippen molar-refractivity contribution in [2.75, 3.05) is 0 Å². The summed E-state index contributed by atoms with van der Waals surface area (Å²) in [6.07, 6.45) is 8.47. The maximum absolute atomic E-state index is 12.6. The van der Waals surface area contributed by atoms with E-state index in [0.29, 0.717) is 12.8 Å². The highest BCUT2D eigenvalue weighted by Gasteiger charge is 2.51. The van der Waals surface area contributed by atoms with Crippen LogP contribution in [0.5, 0.6) is 0 Å². The molecule has 0 saturated heterocycles. The lowest BCUT2D eigenvalue weighted by Gasteiger charge is -2.56. The first kappa shape index (κ1) is 22.0. The van der Waals surface area contributed by atoms with E-state index in [2.05, 4.69) is 16.2 Å². The highest BCUT2D eigenvalue weighted by molar-refractivity contribution is 5.86. The van der Waals surface area contributed by atoms with Gasteiger partial charge in [-0.25, -0.2) is 0 Å². The van der Waals surface area contributed by atoms with E-state index in [9.17, 15) is 14.4 Å². The van der Waals surface area contributed by atoms with E-state index >= 15 is 0 Å². The maximum Gasteiger partial charge on any atom is 0.258 e. The molecule has 0 aliphatic heterocycles. The van der Waals surface area contributed by atoms with Gasteiger partial charge in [0.15, 0.2) is 0 Å². The molecule has 176 valence electrons. The number of hydrogen-bond acceptors (Lipinski definition) is 3. The number of nitrogens with zero attached hydrogens (tertiary/aromatic N) is 1. The van der Waals surface area contributed by atoms with E-state index in [-0.39, 0.29) is 36.2 Å². The molecular formula is C26H34N4O3. The van der Waals surface area contributed by atoms with E-state index in [1.165, 1.54) is 19.3 Å². The number of benzene rings is 1. The Bertz CT molecular complexity index is 1040. The number of hydrogen-bond donors (Lipinski definition) is 3. The van der Waals surface area contributed by atoms with E-state index in [1.807, 2.05) is 41.8 Å². The summed E-state index contributed by atoms with van der Waals surface area (Å²) in [5.41, 5.74) is 6.97. The first-order valence-corrected chi connectivity index (χ1v) is 12.3. The Hall–Kier alpha value is -2.83. The Labute approximate surface area is 194 Å². The second kappa shape index (κ2) is 8.84. The number of nitrogens with one attached hydrogen (secondary N) is 3. The van der Waals surface area contributed by atoms with Crippen LogP contribution in [-0.2, 0) is 20.9 Å². The van der Waals surface area contributed by atoms with Crippen molar-refractivity contribution in [3.05, 3.63) is 36.0 Å². The number of fused-ring (bicyclic) bond motifs is 1. The fourth-order valence-electron chi connectivity index (χ4n) is 6.97. The van der Waals surface area contributed by atoms with Gasteiger partial charge in [-0.2, -0.15) is 0 Å². The molecular weight excluding hydrogens is 416 g/mol. The van der Waals surface area contributed by atoms with Crippen LogP contribution in [-0.4, -0.2) is 27.8 Å². The average molecular weight is 451 g/mol. The van der Waals surface area contributed by atoms with Crippen LogP contribution in [0.25, 0.3) is 10.9 Å². The molecule has 0 radical (unpaired) electrons. The average Bonchev–Trinajstić information content (AvgIpc) is 3.06. The molecule has 4 bridgehead atoms. The summed E-state index contributed by atoms with van der Waals surface area (Å²) in [4.78, 5) is 37.1. The highest BCUT2D eigenvalue weighted by Crippen LogP contribution is 2.55. The maximum atomic E-state index is 12.6. The van der Waals surface area contributed by atoms with Crippen LogP contribution in [0.15, 0.2) is 30.3 Å². The predicted molar refractivity (Wildman–Crippen MR) is 126 cm³/mol. The molecule has 33 heavy (non-hydrogen) atoms. The fraction of sp³-hybridized carbons (Fsp3) is 0.577. The number of carbonyl (C=O) groups is 3. The molecule has 0 atom stereocenters. The molecule has 6 rings (SSSR count). The Kier molecular flexibility index (Phi) is 5.89. The molecule has 7 nitrogen and oxygen atoms in total. The van der Waals surface area contributed by atoms with Gasteiger partial charge in [-0.3, -0.25) is 25.2 Å². The number of hydrazine groups is 1. The number of rotatable bonds is 7. The third-order valence-corrected chi connectivity index (χ3v) is 7.91. The molecule has 4 saturated carbocycles. The SMILES string of the molecule is Cc1cc2ccccc2n1CC(=O)NNC(=O)CCCC(=O)NC12CC3CC(CC(C3)C1)C2. The van der Waals surface area contributed by atoms with Crippen molar-refractivity contribution in [1.29, 1.82) is 0 Å². The Morgan fingerprint density at radius 1 is 0.909 bits per heavy atom. The third kappa shape index (κ3) is 4.77. The smallest absolute Gasteiger partial charge is 0.258 e. The van der Waals surface area contributed by atoms with Gasteiger partial charge in [0.2, 0.25) is 11.8 Å². The molecule has 3 N–H and O–H groups in total. The molecule has 0 unspecified atom stereocenters. The molecule has 1 aromatic carbocycles. The zero-order valence-electron chi connectivity index (χ0n) is 19.4. The van der Waals surface area contributed by atoms with Crippen molar-refractivity contribution in [2.24, 2.45) is 17.8 Å². The van der Waals surface area contributed by atoms with Gasteiger partial charge in [-0.15, -0.1) is 0 Å². The first-order valence-electron chi connectivity index (χ1n) is 12.3. The predicted octanol–water partition coefficient (Wildman–Crippen LogP) is 3.35. The van der Waals surface area contributed by atoms with Gasteiger partial charge in [0.1, 0.15) is 6.54 Å². The van der Waals surface area contributed by atoms with Crippen LogP contribution >= 0.6 is 0 Å². The van der Waals surface area contributed by atoms with Crippen molar-refractivity contribution in [2.45, 2.75) is 76.8 Å². The number of carbonyl (C=O) groups excluding carboxylic acids is 3. The largest absolute Gasteiger partial charge is 0.351 e. The van der Waals surface area contributed by atoms with Gasteiger partial charge >= 0.3 is 0 Å². The zero-order valence-corrected chi connectivity index (χ0v) is 19.4. The van der Waals surface area contributed by atoms with Gasteiger partial charge in [0.25, 0.3) is 5.91 Å². The minimum absolute atomic E-state index is 0.0167. The lowest BCUT2D eigenvalue weighted by atomic mass is 9.53. The van der Waals surface area contributed by atoms with Gasteiger partial charge in [-0.05, 0) is 87.1 Å². The number of aryl methyl sites for hydroxylation is 1. The standard InChI is InChI=1S/C26H34N4O3/c1-17-9-21-5-2-3-6-22(21)30(17)16-25(33)29-28-24(32)8-4-7-23(31)27-26-13-18-10-19(14-26)12-20(11-18)15-26/h2-3,5-6,9,18-20H,4,7-8,10-16H2,1H3,(H,27,31)(H,28,32)(H,29,33). The minimum atomic E-state index is -0.285. The topological polar surface area (TPSA) is 92.2 Å². The van der Waals surface area contributed by atoms with Crippen LogP contribution in [0.4, 0.5) is 0 Å². The summed E-state index contributed by atoms with van der Waals surface area (Å²) in [5.74, 6) is 1.87. The highest BCUT2D eigenvalue weighted by atomic mass is 16.2. The Morgan fingerprint density at radius 3 is 2.21 bits per heavy atom. The Morgan fingerprint density at radius 2 is 1.52 bits per heavy atom. The van der Waals surface area contributed by atoms with E-state index in [1.54, 1.807) is 0 Å². The number of amides is 3. The Balaban J connectivity index is 1.03. The van der Waals surface area contributed by atoms with Crippen molar-refractivity contribution in [3.8, 4) is 0 Å². The molecule has 1 aromatic heterocycles. The van der Waals surface area contributed by atoms with E-state index < -0.39 is 0 Å². The van der Waals surface area contributed by atoms with Crippen molar-refractivity contribution >= 4 is 28.6 Å². The summed E-state index contributed by atoms with van der Waals surface area (Å²) in [6.45, 7) is 2.09. The van der Waals surface area contributed by atoms with E-state index in [0.717, 1.165) is 53.6 Å². The van der Waals surface area contributed by atoms with Gasteiger partial charge in [0, 0.05) is 29.6 Å². The lowest BCUT2D eigenvalue weighted by Crippen LogP contribution is -2.59. The molecule has 7 heteroatoms. The summed E-state index contributed by atoms with van der Waals surface area (Å²) in [6, 6.07) is 9.93. The fourth-order valence-corrected chi connectivity index (χ4v) is 6.97. The molecule has 2 aromatic rings. The van der Waals surface area contributed by atoms with Crippen molar-refractivity contribution < 1.29 is 14.4 Å². The summed E-state index contributed by atoms with van der Waals surface area (Å²) < 4.78 is 1.92. The van der Waals surface area contributed by atoms with Gasteiger partial charge in [0.05, 0.1) is 0 Å². The van der Waals surface area contributed by atoms with Crippen LogP contribution in [0.2, 0.25) is 0 Å². The third-order valence-electron chi connectivity index (χ3n) is 7.91. The van der Waals surface area contributed by atoms with Crippen LogP contribution in [0, 0.1) is 24.7 Å². The van der Waals surface area contributed by atoms with Crippen molar-refractivity contribution in [3.63, 3.8) is 0 Å². The van der Waals surface area contributed by atoms with E-state index in [4.69, 9.17) is 0 Å². The zero-order chi connectivity index (χ0) is 23.0. The van der Waals surface area contributed by atoms with Gasteiger partial charge in [-0.1, -0.05) is 18.2 Å². The summed E-state index contributed by atoms with van der Waals surface area (Å²) in [7, 11) is 0.